The second-order valence-corrected chi connectivity index (χ2v) is 4.89. The lowest BCUT2D eigenvalue weighted by Crippen LogP contribution is -2.38. The number of fused-ring (bicyclic) bond motifs is 1. The first kappa shape index (κ1) is 13.6. The van der Waals surface area contributed by atoms with Crippen molar-refractivity contribution < 1.29 is 14.6 Å². The first-order valence-corrected chi connectivity index (χ1v) is 6.82. The van der Waals surface area contributed by atoms with E-state index in [-0.39, 0.29) is 19.4 Å². The molecule has 108 valence electrons. The molecule has 2 heterocycles. The van der Waals surface area contributed by atoms with Crippen LogP contribution in [0.4, 0.5) is 5.69 Å². The third kappa shape index (κ3) is 2.73. The van der Waals surface area contributed by atoms with Gasteiger partial charge in [-0.15, -0.1) is 0 Å². The number of aliphatic hydroxyl groups excluding tert-OH is 1. The van der Waals surface area contributed by atoms with Gasteiger partial charge in [-0.2, -0.15) is 0 Å². The summed E-state index contributed by atoms with van der Waals surface area (Å²) >= 11 is 0. The molecular weight excluding hydrogens is 268 g/mol. The van der Waals surface area contributed by atoms with Gasteiger partial charge >= 0.3 is 0 Å². The number of carbonyl (C=O) groups is 1. The molecule has 0 saturated carbocycles. The number of aliphatic hydroxyl groups is 1. The van der Waals surface area contributed by atoms with Crippen LogP contribution in [0, 0.1) is 0 Å². The van der Waals surface area contributed by atoms with Gasteiger partial charge in [0.2, 0.25) is 5.88 Å². The molecule has 0 radical (unpaired) electrons. The second kappa shape index (κ2) is 5.93. The van der Waals surface area contributed by atoms with Gasteiger partial charge in [0.05, 0.1) is 13.2 Å². The molecule has 0 spiro atoms. The highest BCUT2D eigenvalue weighted by Gasteiger charge is 2.30. The van der Waals surface area contributed by atoms with Crippen LogP contribution in [0.5, 0.6) is 5.88 Å². The largest absolute Gasteiger partial charge is 0.453 e. The van der Waals surface area contributed by atoms with Crippen molar-refractivity contribution in [2.24, 2.45) is 0 Å². The Morgan fingerprint density at radius 1 is 1.33 bits per heavy atom. The van der Waals surface area contributed by atoms with Crippen LogP contribution < -0.4 is 9.64 Å². The number of carbonyl (C=O) groups excluding carboxylic acids is 1. The van der Waals surface area contributed by atoms with Crippen LogP contribution in [0.25, 0.3) is 0 Å². The Labute approximate surface area is 122 Å². The van der Waals surface area contributed by atoms with Crippen LogP contribution in [0.1, 0.15) is 11.1 Å². The average molecular weight is 284 g/mol. The Hall–Kier alpha value is -2.40. The molecule has 5 heteroatoms. The van der Waals surface area contributed by atoms with E-state index >= 15 is 0 Å². The molecule has 3 rings (SSSR count). The number of hydrogen-bond donors (Lipinski definition) is 1. The lowest BCUT2D eigenvalue weighted by Gasteiger charge is -2.25. The smallest absolute Gasteiger partial charge is 0.215 e. The summed E-state index contributed by atoms with van der Waals surface area (Å²) < 4.78 is 5.90. The van der Waals surface area contributed by atoms with E-state index < -0.39 is 0 Å². The van der Waals surface area contributed by atoms with Crippen LogP contribution in [-0.2, 0) is 17.8 Å². The molecule has 1 aliphatic rings. The molecule has 2 aromatic rings. The van der Waals surface area contributed by atoms with Crippen molar-refractivity contribution in [2.45, 2.75) is 19.3 Å². The maximum absolute atomic E-state index is 10.9. The van der Waals surface area contributed by atoms with Gasteiger partial charge in [0.1, 0.15) is 6.29 Å². The highest BCUT2D eigenvalue weighted by atomic mass is 16.5. The van der Waals surface area contributed by atoms with E-state index in [0.29, 0.717) is 12.3 Å². The summed E-state index contributed by atoms with van der Waals surface area (Å²) in [5.41, 5.74) is 2.93. The van der Waals surface area contributed by atoms with Crippen LogP contribution >= 0.6 is 0 Å². The Kier molecular flexibility index (Phi) is 3.83. The zero-order chi connectivity index (χ0) is 14.7. The summed E-state index contributed by atoms with van der Waals surface area (Å²) in [5.74, 6) is 0.487. The highest BCUT2D eigenvalue weighted by Crippen LogP contribution is 2.32. The predicted octanol–water partition coefficient (Wildman–Crippen LogP) is 1.54. The Morgan fingerprint density at radius 2 is 2.19 bits per heavy atom. The minimum atomic E-state index is -0.236. The Morgan fingerprint density at radius 3 is 2.90 bits per heavy atom. The molecule has 5 nitrogen and oxygen atoms in total. The van der Waals surface area contributed by atoms with Crippen molar-refractivity contribution in [1.82, 2.24) is 4.98 Å². The van der Waals surface area contributed by atoms with Gasteiger partial charge in [-0.25, -0.2) is 4.98 Å². The second-order valence-electron chi connectivity index (χ2n) is 4.89. The number of pyridine rings is 1. The third-order valence-electron chi connectivity index (χ3n) is 3.55. The van der Waals surface area contributed by atoms with Crippen LogP contribution in [0.3, 0.4) is 0 Å². The lowest BCUT2D eigenvalue weighted by atomic mass is 10.2. The average Bonchev–Trinajstić information content (AvgIpc) is 2.86. The van der Waals surface area contributed by atoms with E-state index in [1.54, 1.807) is 18.3 Å². The molecule has 1 aromatic carbocycles. The Balaban J connectivity index is 1.80. The summed E-state index contributed by atoms with van der Waals surface area (Å²) in [4.78, 5) is 17.0. The lowest BCUT2D eigenvalue weighted by molar-refractivity contribution is -0.107. The van der Waals surface area contributed by atoms with Gasteiger partial charge in [0.15, 0.2) is 6.23 Å². The van der Waals surface area contributed by atoms with Crippen molar-refractivity contribution in [3.8, 4) is 5.88 Å². The zero-order valence-electron chi connectivity index (χ0n) is 11.5. The standard InChI is InChI=1S/C16H16N2O3/c19-8-7-18-14-4-2-1-3-13(14)9-16(18)21-15-6-5-12(11-20)10-17-15/h1-6,8,10,16,20H,7,9,11H2. The number of para-hydroxylation sites is 1. The molecule has 0 bridgehead atoms. The van der Waals surface area contributed by atoms with Crippen LogP contribution in [-0.4, -0.2) is 29.1 Å². The van der Waals surface area contributed by atoms with E-state index in [9.17, 15) is 4.79 Å². The van der Waals surface area contributed by atoms with Crippen molar-refractivity contribution in [2.75, 3.05) is 11.4 Å². The van der Waals surface area contributed by atoms with Crippen molar-refractivity contribution in [3.63, 3.8) is 0 Å². The summed E-state index contributed by atoms with van der Waals surface area (Å²) in [5, 5.41) is 9.02. The summed E-state index contributed by atoms with van der Waals surface area (Å²) in [7, 11) is 0. The van der Waals surface area contributed by atoms with Gasteiger partial charge in [0, 0.05) is 24.4 Å². The van der Waals surface area contributed by atoms with E-state index in [1.165, 1.54) is 0 Å². The van der Waals surface area contributed by atoms with Crippen molar-refractivity contribution >= 4 is 12.0 Å². The number of aromatic nitrogens is 1. The molecule has 0 aliphatic carbocycles. The molecule has 1 N–H and O–H groups in total. The summed E-state index contributed by atoms with van der Waals surface area (Å²) in [6.45, 7) is 0.246. The van der Waals surface area contributed by atoms with Gasteiger partial charge in [-0.05, 0) is 23.3 Å². The molecule has 21 heavy (non-hydrogen) atoms. The number of ether oxygens (including phenoxy) is 1. The molecule has 0 amide bonds. The topological polar surface area (TPSA) is 62.7 Å². The quantitative estimate of drug-likeness (QED) is 0.844. The zero-order valence-corrected chi connectivity index (χ0v) is 11.5. The molecule has 0 saturated heterocycles. The predicted molar refractivity (Wildman–Crippen MR) is 78.1 cm³/mol. The first-order chi connectivity index (χ1) is 10.3. The number of hydrogen-bond acceptors (Lipinski definition) is 5. The fraction of sp³-hybridized carbons (Fsp3) is 0.250. The maximum Gasteiger partial charge on any atom is 0.215 e. The van der Waals surface area contributed by atoms with Crippen molar-refractivity contribution in [1.29, 1.82) is 0 Å². The van der Waals surface area contributed by atoms with E-state index in [4.69, 9.17) is 9.84 Å². The third-order valence-corrected chi connectivity index (χ3v) is 3.55. The van der Waals surface area contributed by atoms with Crippen LogP contribution in [0.15, 0.2) is 42.6 Å². The number of anilines is 1. The van der Waals surface area contributed by atoms with Gasteiger partial charge in [-0.3, -0.25) is 0 Å². The minimum absolute atomic E-state index is 0.0422. The van der Waals surface area contributed by atoms with E-state index in [0.717, 1.165) is 23.1 Å². The monoisotopic (exact) mass is 284 g/mol. The first-order valence-electron chi connectivity index (χ1n) is 6.82. The maximum atomic E-state index is 10.9. The number of benzene rings is 1. The fourth-order valence-electron chi connectivity index (χ4n) is 2.53. The van der Waals surface area contributed by atoms with Gasteiger partial charge in [-0.1, -0.05) is 18.2 Å². The summed E-state index contributed by atoms with van der Waals surface area (Å²) in [6.07, 6.45) is 2.94. The molecule has 0 fully saturated rings. The molecule has 1 unspecified atom stereocenters. The number of aldehydes is 1. The molecule has 1 aliphatic heterocycles. The Bertz CT molecular complexity index is 628. The number of nitrogens with zero attached hydrogens (tertiary/aromatic N) is 2. The summed E-state index contributed by atoms with van der Waals surface area (Å²) in [6, 6.07) is 11.5. The highest BCUT2D eigenvalue weighted by molar-refractivity contribution is 5.66. The van der Waals surface area contributed by atoms with Gasteiger partial charge in [0.25, 0.3) is 0 Å². The minimum Gasteiger partial charge on any atom is -0.453 e. The number of rotatable bonds is 5. The van der Waals surface area contributed by atoms with Crippen LogP contribution in [0.2, 0.25) is 0 Å². The normalized spacial score (nSPS) is 16.6. The van der Waals surface area contributed by atoms with Crippen molar-refractivity contribution in [3.05, 3.63) is 53.7 Å². The SMILES string of the molecule is O=CCN1c2ccccc2CC1Oc1ccc(CO)cn1. The van der Waals surface area contributed by atoms with Gasteiger partial charge < -0.3 is 19.5 Å². The molecule has 1 aromatic heterocycles. The molecule has 1 atom stereocenters. The fourth-order valence-corrected chi connectivity index (χ4v) is 2.53. The van der Waals surface area contributed by atoms with E-state index in [2.05, 4.69) is 4.98 Å². The molecular formula is C16H16N2O3. The van der Waals surface area contributed by atoms with E-state index in [1.807, 2.05) is 29.2 Å².